The summed E-state index contributed by atoms with van der Waals surface area (Å²) in [6, 6.07) is 0.300. The maximum absolute atomic E-state index is 12.5. The third-order valence-corrected chi connectivity index (χ3v) is 3.36. The van der Waals surface area contributed by atoms with Gasteiger partial charge in [-0.15, -0.1) is 0 Å². The van der Waals surface area contributed by atoms with Crippen molar-refractivity contribution in [3.05, 3.63) is 30.4 Å². The van der Waals surface area contributed by atoms with E-state index in [1.807, 2.05) is 11.8 Å². The maximum atomic E-state index is 12.5. The number of fused-ring (bicyclic) bond motifs is 1. The quantitative estimate of drug-likeness (QED) is 0.837. The van der Waals surface area contributed by atoms with E-state index < -0.39 is 0 Å². The van der Waals surface area contributed by atoms with Crippen molar-refractivity contribution < 1.29 is 4.79 Å². The van der Waals surface area contributed by atoms with Gasteiger partial charge in [-0.3, -0.25) is 9.78 Å². The summed E-state index contributed by atoms with van der Waals surface area (Å²) in [5.74, 6) is 0.0343. The topological polar surface area (TPSA) is 62.5 Å². The van der Waals surface area contributed by atoms with Crippen LogP contribution in [-0.2, 0) is 0 Å². The fourth-order valence-electron chi connectivity index (χ4n) is 2.22. The van der Waals surface area contributed by atoms with Crippen molar-refractivity contribution in [3.63, 3.8) is 0 Å². The smallest absolute Gasteiger partial charge is 0.258 e. The van der Waals surface area contributed by atoms with Crippen molar-refractivity contribution in [2.75, 3.05) is 19.6 Å². The van der Waals surface area contributed by atoms with Crippen LogP contribution in [0.4, 0.5) is 0 Å². The second-order valence-electron chi connectivity index (χ2n) is 4.37. The van der Waals surface area contributed by atoms with E-state index in [4.69, 9.17) is 0 Å². The molecule has 0 bridgehead atoms. The van der Waals surface area contributed by atoms with Gasteiger partial charge in [0.2, 0.25) is 0 Å². The predicted molar refractivity (Wildman–Crippen MR) is 66.4 cm³/mol. The molecule has 0 aliphatic carbocycles. The Kier molecular flexibility index (Phi) is 2.71. The van der Waals surface area contributed by atoms with Crippen LogP contribution < -0.4 is 5.32 Å². The maximum Gasteiger partial charge on any atom is 0.258 e. The Bertz CT molecular complexity index is 575. The van der Waals surface area contributed by atoms with Gasteiger partial charge in [0.15, 0.2) is 0 Å². The summed E-state index contributed by atoms with van der Waals surface area (Å²) >= 11 is 0. The highest BCUT2D eigenvalue weighted by atomic mass is 16.2. The van der Waals surface area contributed by atoms with Gasteiger partial charge in [0.1, 0.15) is 0 Å². The molecule has 0 spiro atoms. The molecule has 1 aliphatic heterocycles. The third-order valence-electron chi connectivity index (χ3n) is 3.36. The van der Waals surface area contributed by atoms with E-state index in [1.54, 1.807) is 29.3 Å². The molecule has 1 fully saturated rings. The highest BCUT2D eigenvalue weighted by Crippen LogP contribution is 2.15. The molecule has 6 nitrogen and oxygen atoms in total. The number of nitrogens with zero attached hydrogens (tertiary/aromatic N) is 4. The molecular formula is C12H15N5O. The SMILES string of the molecule is CCN(C(=O)c1cnn2ccncc12)C1CNC1. The largest absolute Gasteiger partial charge is 0.333 e. The van der Waals surface area contributed by atoms with E-state index >= 15 is 0 Å². The number of nitrogens with one attached hydrogen (secondary N) is 1. The molecule has 0 aromatic carbocycles. The minimum absolute atomic E-state index is 0.0343. The van der Waals surface area contributed by atoms with E-state index in [0.717, 1.165) is 18.6 Å². The van der Waals surface area contributed by atoms with Gasteiger partial charge in [-0.05, 0) is 6.92 Å². The summed E-state index contributed by atoms with van der Waals surface area (Å²) in [4.78, 5) is 18.4. The molecule has 1 amide bonds. The van der Waals surface area contributed by atoms with E-state index in [9.17, 15) is 4.79 Å². The summed E-state index contributed by atoms with van der Waals surface area (Å²) in [7, 11) is 0. The molecular weight excluding hydrogens is 230 g/mol. The highest BCUT2D eigenvalue weighted by Gasteiger charge is 2.29. The van der Waals surface area contributed by atoms with Crippen LogP contribution in [0.3, 0.4) is 0 Å². The monoisotopic (exact) mass is 245 g/mol. The van der Waals surface area contributed by atoms with Gasteiger partial charge in [0, 0.05) is 32.0 Å². The Morgan fingerprint density at radius 2 is 2.39 bits per heavy atom. The Balaban J connectivity index is 1.95. The molecule has 0 unspecified atom stereocenters. The van der Waals surface area contributed by atoms with E-state index in [0.29, 0.717) is 18.2 Å². The summed E-state index contributed by atoms with van der Waals surface area (Å²) < 4.78 is 1.67. The van der Waals surface area contributed by atoms with Crippen LogP contribution in [0, 0.1) is 0 Å². The van der Waals surface area contributed by atoms with Gasteiger partial charge in [0.25, 0.3) is 5.91 Å². The summed E-state index contributed by atoms with van der Waals surface area (Å²) in [5, 5.41) is 7.36. The molecule has 2 aromatic heterocycles. The van der Waals surface area contributed by atoms with Crippen molar-refractivity contribution in [2.24, 2.45) is 0 Å². The lowest BCUT2D eigenvalue weighted by atomic mass is 10.1. The van der Waals surface area contributed by atoms with Gasteiger partial charge < -0.3 is 10.2 Å². The molecule has 1 saturated heterocycles. The van der Waals surface area contributed by atoms with E-state index in [2.05, 4.69) is 15.4 Å². The highest BCUT2D eigenvalue weighted by molar-refractivity contribution is 6.00. The van der Waals surface area contributed by atoms with Gasteiger partial charge in [-0.1, -0.05) is 0 Å². The fraction of sp³-hybridized carbons (Fsp3) is 0.417. The molecule has 0 saturated carbocycles. The first-order valence-electron chi connectivity index (χ1n) is 6.10. The van der Waals surface area contributed by atoms with Crippen LogP contribution in [-0.4, -0.2) is 51.1 Å². The first-order chi connectivity index (χ1) is 8.81. The van der Waals surface area contributed by atoms with Crippen LogP contribution >= 0.6 is 0 Å². The van der Waals surface area contributed by atoms with Crippen LogP contribution in [0.15, 0.2) is 24.8 Å². The van der Waals surface area contributed by atoms with Crippen molar-refractivity contribution >= 4 is 11.4 Å². The first kappa shape index (κ1) is 11.2. The lowest BCUT2D eigenvalue weighted by Gasteiger charge is -2.37. The zero-order valence-corrected chi connectivity index (χ0v) is 10.2. The van der Waals surface area contributed by atoms with Gasteiger partial charge in [-0.25, -0.2) is 4.52 Å². The molecule has 0 atom stereocenters. The third kappa shape index (κ3) is 1.65. The van der Waals surface area contributed by atoms with E-state index in [1.165, 1.54) is 0 Å². The minimum atomic E-state index is 0.0343. The average molecular weight is 245 g/mol. The first-order valence-corrected chi connectivity index (χ1v) is 6.10. The van der Waals surface area contributed by atoms with Crippen LogP contribution in [0.25, 0.3) is 5.52 Å². The van der Waals surface area contributed by atoms with Crippen molar-refractivity contribution in [1.29, 1.82) is 0 Å². The molecule has 6 heteroatoms. The van der Waals surface area contributed by atoms with E-state index in [-0.39, 0.29) is 5.91 Å². The van der Waals surface area contributed by atoms with Gasteiger partial charge in [0.05, 0.1) is 29.5 Å². The van der Waals surface area contributed by atoms with Crippen LogP contribution in [0.2, 0.25) is 0 Å². The number of carbonyl (C=O) groups excluding carboxylic acids is 1. The number of hydrogen-bond donors (Lipinski definition) is 1. The molecule has 3 heterocycles. The van der Waals surface area contributed by atoms with Crippen molar-refractivity contribution in [3.8, 4) is 0 Å². The number of carbonyl (C=O) groups is 1. The Hall–Kier alpha value is -1.95. The second-order valence-corrected chi connectivity index (χ2v) is 4.37. The molecule has 18 heavy (non-hydrogen) atoms. The van der Waals surface area contributed by atoms with Crippen LogP contribution in [0.5, 0.6) is 0 Å². The number of likely N-dealkylation sites (N-methyl/N-ethyl adjacent to an activating group) is 1. The van der Waals surface area contributed by atoms with Crippen LogP contribution in [0.1, 0.15) is 17.3 Å². The number of amides is 1. The van der Waals surface area contributed by atoms with Crippen molar-refractivity contribution in [1.82, 2.24) is 24.8 Å². The molecule has 1 N–H and O–H groups in total. The molecule has 1 aliphatic rings. The van der Waals surface area contributed by atoms with Gasteiger partial charge in [-0.2, -0.15) is 5.10 Å². The standard InChI is InChI=1S/C12H15N5O/c1-2-16(9-5-14-6-9)12(18)10-7-15-17-4-3-13-8-11(10)17/h3-4,7-9,14H,2,5-6H2,1H3. The number of aromatic nitrogens is 3. The minimum Gasteiger partial charge on any atom is -0.333 e. The normalized spacial score (nSPS) is 15.6. The average Bonchev–Trinajstić information content (AvgIpc) is 2.76. The summed E-state index contributed by atoms with van der Waals surface area (Å²) in [5.41, 5.74) is 1.38. The van der Waals surface area contributed by atoms with Crippen molar-refractivity contribution in [2.45, 2.75) is 13.0 Å². The fourth-order valence-corrected chi connectivity index (χ4v) is 2.22. The molecule has 3 rings (SSSR count). The number of hydrogen-bond acceptors (Lipinski definition) is 4. The lowest BCUT2D eigenvalue weighted by molar-refractivity contribution is 0.0632. The molecule has 0 radical (unpaired) electrons. The number of rotatable bonds is 3. The second kappa shape index (κ2) is 4.38. The zero-order chi connectivity index (χ0) is 12.5. The Labute approximate surface area is 105 Å². The summed E-state index contributed by atoms with van der Waals surface area (Å²) in [6.45, 7) is 4.46. The predicted octanol–water partition coefficient (Wildman–Crippen LogP) is 0.163. The Morgan fingerprint density at radius 3 is 3.06 bits per heavy atom. The molecule has 94 valence electrons. The van der Waals surface area contributed by atoms with Gasteiger partial charge >= 0.3 is 0 Å². The Morgan fingerprint density at radius 1 is 1.56 bits per heavy atom. The zero-order valence-electron chi connectivity index (χ0n) is 10.2. The summed E-state index contributed by atoms with van der Waals surface area (Å²) in [6.07, 6.45) is 6.69. The molecule has 2 aromatic rings. The lowest BCUT2D eigenvalue weighted by Crippen LogP contribution is -2.58.